The van der Waals surface area contributed by atoms with Crippen LogP contribution in [0.2, 0.25) is 0 Å². The molecule has 0 saturated carbocycles. The SMILES string of the molecule is COCCCn1c(S[C@@H](C)C(N)=O)nc2ccccc2c1=O. The van der Waals surface area contributed by atoms with Gasteiger partial charge in [-0.3, -0.25) is 14.2 Å². The standard InChI is InChI=1S/C15H19N3O3S/c1-10(13(16)19)22-15-17-12-7-4-3-6-11(12)14(20)18(15)8-5-9-21-2/h3-4,6-7,10H,5,8-9H2,1-2H3,(H2,16,19)/t10-/m0/s1. The summed E-state index contributed by atoms with van der Waals surface area (Å²) in [7, 11) is 1.62. The van der Waals surface area contributed by atoms with Crippen molar-refractivity contribution in [2.45, 2.75) is 30.3 Å². The molecule has 0 saturated heterocycles. The maximum atomic E-state index is 12.6. The zero-order valence-electron chi connectivity index (χ0n) is 12.6. The van der Waals surface area contributed by atoms with Gasteiger partial charge in [-0.2, -0.15) is 0 Å². The van der Waals surface area contributed by atoms with Crippen molar-refractivity contribution < 1.29 is 9.53 Å². The van der Waals surface area contributed by atoms with Crippen LogP contribution in [0, 0.1) is 0 Å². The van der Waals surface area contributed by atoms with Crippen LogP contribution in [0.3, 0.4) is 0 Å². The van der Waals surface area contributed by atoms with Gasteiger partial charge in [-0.25, -0.2) is 4.98 Å². The second-order valence-electron chi connectivity index (χ2n) is 4.88. The molecule has 1 atom stereocenters. The van der Waals surface area contributed by atoms with Gasteiger partial charge in [0.1, 0.15) is 0 Å². The van der Waals surface area contributed by atoms with Crippen LogP contribution in [-0.4, -0.2) is 34.4 Å². The summed E-state index contributed by atoms with van der Waals surface area (Å²) < 4.78 is 6.62. The summed E-state index contributed by atoms with van der Waals surface area (Å²) in [6.07, 6.45) is 0.689. The fourth-order valence-corrected chi connectivity index (χ4v) is 2.90. The molecule has 0 spiro atoms. The van der Waals surface area contributed by atoms with Gasteiger partial charge >= 0.3 is 0 Å². The van der Waals surface area contributed by atoms with Crippen molar-refractivity contribution in [3.63, 3.8) is 0 Å². The number of fused-ring (bicyclic) bond motifs is 1. The van der Waals surface area contributed by atoms with E-state index in [0.717, 1.165) is 0 Å². The molecule has 2 N–H and O–H groups in total. The Labute approximate surface area is 132 Å². The number of hydrogen-bond acceptors (Lipinski definition) is 5. The van der Waals surface area contributed by atoms with Crippen molar-refractivity contribution in [2.75, 3.05) is 13.7 Å². The second-order valence-corrected chi connectivity index (χ2v) is 6.19. The van der Waals surface area contributed by atoms with E-state index in [9.17, 15) is 9.59 Å². The van der Waals surface area contributed by atoms with Crippen LogP contribution in [0.5, 0.6) is 0 Å². The van der Waals surface area contributed by atoms with Gasteiger partial charge in [-0.1, -0.05) is 23.9 Å². The van der Waals surface area contributed by atoms with E-state index in [1.807, 2.05) is 12.1 Å². The van der Waals surface area contributed by atoms with Crippen LogP contribution in [0.1, 0.15) is 13.3 Å². The number of hydrogen-bond donors (Lipinski definition) is 1. The van der Waals surface area contributed by atoms with E-state index >= 15 is 0 Å². The molecule has 0 unspecified atom stereocenters. The number of methoxy groups -OCH3 is 1. The molecule has 22 heavy (non-hydrogen) atoms. The lowest BCUT2D eigenvalue weighted by atomic mass is 10.2. The van der Waals surface area contributed by atoms with Crippen LogP contribution in [0.4, 0.5) is 0 Å². The first-order valence-electron chi connectivity index (χ1n) is 6.99. The van der Waals surface area contributed by atoms with Gasteiger partial charge in [0.25, 0.3) is 5.56 Å². The van der Waals surface area contributed by atoms with Gasteiger partial charge in [0.15, 0.2) is 5.16 Å². The van der Waals surface area contributed by atoms with Crippen LogP contribution >= 0.6 is 11.8 Å². The van der Waals surface area contributed by atoms with Crippen molar-refractivity contribution >= 4 is 28.6 Å². The first-order valence-corrected chi connectivity index (χ1v) is 7.87. The molecule has 0 bridgehead atoms. The maximum Gasteiger partial charge on any atom is 0.262 e. The number of carbonyl (C=O) groups excluding carboxylic acids is 1. The number of rotatable bonds is 7. The molecule has 0 aliphatic heterocycles. The molecule has 0 radical (unpaired) electrons. The fourth-order valence-electron chi connectivity index (χ4n) is 2.02. The molecule has 118 valence electrons. The molecule has 1 heterocycles. The molecule has 2 rings (SSSR count). The summed E-state index contributed by atoms with van der Waals surface area (Å²) in [5, 5.41) is 0.615. The minimum atomic E-state index is -0.457. The Morgan fingerprint density at radius 2 is 2.18 bits per heavy atom. The zero-order valence-corrected chi connectivity index (χ0v) is 13.4. The highest BCUT2D eigenvalue weighted by atomic mass is 32.2. The third-order valence-electron chi connectivity index (χ3n) is 3.24. The lowest BCUT2D eigenvalue weighted by Crippen LogP contribution is -2.27. The lowest BCUT2D eigenvalue weighted by molar-refractivity contribution is -0.117. The van der Waals surface area contributed by atoms with Crippen molar-refractivity contribution in [3.05, 3.63) is 34.6 Å². The van der Waals surface area contributed by atoms with E-state index in [1.165, 1.54) is 11.8 Å². The van der Waals surface area contributed by atoms with Crippen LogP contribution in [-0.2, 0) is 16.1 Å². The number of carbonyl (C=O) groups is 1. The first-order chi connectivity index (χ1) is 10.5. The van der Waals surface area contributed by atoms with Gasteiger partial charge in [0.05, 0.1) is 16.2 Å². The molecule has 0 aliphatic carbocycles. The number of thioether (sulfide) groups is 1. The van der Waals surface area contributed by atoms with Crippen LogP contribution < -0.4 is 11.3 Å². The van der Waals surface area contributed by atoms with E-state index in [0.29, 0.717) is 35.6 Å². The third-order valence-corrected chi connectivity index (χ3v) is 4.35. The quantitative estimate of drug-likeness (QED) is 0.473. The number of primary amides is 1. The van der Waals surface area contributed by atoms with E-state index in [1.54, 1.807) is 30.7 Å². The van der Waals surface area contributed by atoms with E-state index in [2.05, 4.69) is 4.98 Å². The smallest absolute Gasteiger partial charge is 0.262 e. The predicted octanol–water partition coefficient (Wildman–Crippen LogP) is 1.40. The Morgan fingerprint density at radius 1 is 1.45 bits per heavy atom. The second kappa shape index (κ2) is 7.42. The number of para-hydroxylation sites is 1. The summed E-state index contributed by atoms with van der Waals surface area (Å²) >= 11 is 1.20. The number of ether oxygens (including phenoxy) is 1. The van der Waals surface area contributed by atoms with Crippen LogP contribution in [0.15, 0.2) is 34.2 Å². The van der Waals surface area contributed by atoms with Gasteiger partial charge in [-0.05, 0) is 25.5 Å². The van der Waals surface area contributed by atoms with Crippen LogP contribution in [0.25, 0.3) is 10.9 Å². The molecule has 2 aromatic rings. The van der Waals surface area contributed by atoms with Gasteiger partial charge in [0, 0.05) is 20.3 Å². The van der Waals surface area contributed by atoms with Gasteiger partial charge in [-0.15, -0.1) is 0 Å². The Morgan fingerprint density at radius 3 is 2.86 bits per heavy atom. The predicted molar refractivity (Wildman–Crippen MR) is 87.0 cm³/mol. The summed E-state index contributed by atoms with van der Waals surface area (Å²) in [5.74, 6) is -0.434. The monoisotopic (exact) mass is 321 g/mol. The zero-order chi connectivity index (χ0) is 16.1. The van der Waals surface area contributed by atoms with E-state index in [4.69, 9.17) is 10.5 Å². The average Bonchev–Trinajstić information content (AvgIpc) is 2.50. The molecule has 1 aromatic heterocycles. The molecule has 1 aromatic carbocycles. The van der Waals surface area contributed by atoms with Gasteiger partial charge in [0.2, 0.25) is 5.91 Å². The maximum absolute atomic E-state index is 12.6. The number of amides is 1. The number of aromatic nitrogens is 2. The summed E-state index contributed by atoms with van der Waals surface area (Å²) in [6, 6.07) is 7.18. The number of nitrogens with two attached hydrogens (primary N) is 1. The Hall–Kier alpha value is -1.86. The molecule has 1 amide bonds. The van der Waals surface area contributed by atoms with Crippen molar-refractivity contribution in [3.8, 4) is 0 Å². The van der Waals surface area contributed by atoms with Gasteiger partial charge < -0.3 is 10.5 Å². The largest absolute Gasteiger partial charge is 0.385 e. The average molecular weight is 321 g/mol. The molecular weight excluding hydrogens is 302 g/mol. The molecule has 7 heteroatoms. The first kappa shape index (κ1) is 16.5. The minimum Gasteiger partial charge on any atom is -0.385 e. The molecule has 0 fully saturated rings. The molecule has 0 aliphatic rings. The molecule has 6 nitrogen and oxygen atoms in total. The summed E-state index contributed by atoms with van der Waals surface area (Å²) in [4.78, 5) is 28.5. The third kappa shape index (κ3) is 3.66. The van der Waals surface area contributed by atoms with Crippen molar-refractivity contribution in [1.82, 2.24) is 9.55 Å². The highest BCUT2D eigenvalue weighted by Crippen LogP contribution is 2.22. The van der Waals surface area contributed by atoms with Crippen molar-refractivity contribution in [1.29, 1.82) is 0 Å². The van der Waals surface area contributed by atoms with Crippen molar-refractivity contribution in [2.24, 2.45) is 5.73 Å². The highest BCUT2D eigenvalue weighted by molar-refractivity contribution is 8.00. The van der Waals surface area contributed by atoms with E-state index in [-0.39, 0.29) is 5.56 Å². The summed E-state index contributed by atoms with van der Waals surface area (Å²) in [5.41, 5.74) is 5.82. The molecular formula is C15H19N3O3S. The Bertz CT molecular complexity index is 730. The Balaban J connectivity index is 2.47. The topological polar surface area (TPSA) is 87.2 Å². The highest BCUT2D eigenvalue weighted by Gasteiger charge is 2.17. The summed E-state index contributed by atoms with van der Waals surface area (Å²) in [6.45, 7) is 2.74. The normalized spacial score (nSPS) is 12.5. The fraction of sp³-hybridized carbons (Fsp3) is 0.400. The van der Waals surface area contributed by atoms with E-state index < -0.39 is 11.2 Å². The minimum absolute atomic E-state index is 0.110. The Kier molecular flexibility index (Phi) is 5.57. The number of nitrogens with zero attached hydrogens (tertiary/aromatic N) is 2. The lowest BCUT2D eigenvalue weighted by Gasteiger charge is -2.14. The number of benzene rings is 1.